The average molecular weight is 590 g/mol. The van der Waals surface area contributed by atoms with Crippen LogP contribution in [0.2, 0.25) is 0 Å². The number of carbonyl (C=O) groups is 3. The number of hydrogen-bond donors (Lipinski definition) is 4. The molecule has 2 saturated heterocycles. The van der Waals surface area contributed by atoms with Crippen LogP contribution in [0.4, 0.5) is 0 Å². The lowest BCUT2D eigenvalue weighted by Crippen LogP contribution is -2.94. The molecule has 3 aliphatic carbocycles. The van der Waals surface area contributed by atoms with Crippen LogP contribution in [0.5, 0.6) is 0 Å². The molecule has 0 radical (unpaired) electrons. The minimum absolute atomic E-state index is 0.0143. The summed E-state index contributed by atoms with van der Waals surface area (Å²) in [6, 6.07) is 0. The van der Waals surface area contributed by atoms with E-state index in [1.807, 2.05) is 6.92 Å². The molecule has 0 aromatic rings. The number of allylic oxidation sites excluding steroid dienone is 1. The summed E-state index contributed by atoms with van der Waals surface area (Å²) < 4.78 is 11.7. The van der Waals surface area contributed by atoms with Crippen LogP contribution in [0.3, 0.4) is 0 Å². The van der Waals surface area contributed by atoms with Gasteiger partial charge in [0.05, 0.1) is 19.3 Å². The number of aliphatic hydroxyl groups is 2. The van der Waals surface area contributed by atoms with E-state index in [9.17, 15) is 24.6 Å². The van der Waals surface area contributed by atoms with Crippen molar-refractivity contribution in [2.75, 3.05) is 19.8 Å². The molecular formula is C33H53N2O7+. The number of quaternary nitrogens is 1. The van der Waals surface area contributed by atoms with Gasteiger partial charge >= 0.3 is 5.97 Å². The van der Waals surface area contributed by atoms with Crippen molar-refractivity contribution in [3.63, 3.8) is 0 Å². The SMILES string of the molecule is CC(CCC1CC[NH2+]C(N)C1)=C(CO)C[C@@]12O[C@]1(C(=O)OC[C@H](O)CCC1CCCCC1)C(=O)C1CCCCC1C2=O. The largest absolute Gasteiger partial charge is 0.460 e. The number of Topliss-reactive ketones (excluding diaryl/α,β-unsaturated/α-hetero) is 2. The van der Waals surface area contributed by atoms with Crippen LogP contribution in [0.25, 0.3) is 0 Å². The first-order chi connectivity index (χ1) is 20.2. The summed E-state index contributed by atoms with van der Waals surface area (Å²) in [6.07, 6.45) is 13.4. The highest BCUT2D eigenvalue weighted by Gasteiger charge is 2.87. The van der Waals surface area contributed by atoms with Crippen molar-refractivity contribution in [2.24, 2.45) is 29.4 Å². The fraction of sp³-hybridized carbons (Fsp3) is 0.848. The number of fused-ring (bicyclic) bond motifs is 2. The van der Waals surface area contributed by atoms with Crippen molar-refractivity contribution < 1.29 is 39.4 Å². The number of carbonyl (C=O) groups excluding carboxylic acids is 3. The zero-order chi connectivity index (χ0) is 29.9. The Morgan fingerprint density at radius 3 is 2.40 bits per heavy atom. The number of aliphatic hydroxyl groups excluding tert-OH is 2. The van der Waals surface area contributed by atoms with Gasteiger partial charge < -0.3 is 25.0 Å². The first-order valence-electron chi connectivity index (χ1n) is 16.7. The van der Waals surface area contributed by atoms with Gasteiger partial charge in [0.25, 0.3) is 5.60 Å². The standard InChI is InChI=1S/C33H52N2O7/c1-21(11-12-23-15-16-35-28(34)17-23)24(19-36)18-32-29(38)26-9-5-6-10-27(26)30(39)33(32,42-32)31(40)41-20-25(37)14-13-22-7-3-2-4-8-22/h22-23,25-28,35-37H,2-20,34H2,1H3/p+1/t23?,25-,26?,27?,28?,32+,33+/m1/s1. The molecule has 2 heterocycles. The molecule has 0 aromatic carbocycles. The second-order valence-corrected chi connectivity index (χ2v) is 14.0. The van der Waals surface area contributed by atoms with Gasteiger partial charge in [0.15, 0.2) is 17.2 Å². The minimum Gasteiger partial charge on any atom is -0.460 e. The van der Waals surface area contributed by atoms with E-state index in [2.05, 4.69) is 5.32 Å². The first-order valence-corrected chi connectivity index (χ1v) is 16.7. The Morgan fingerprint density at radius 1 is 1.02 bits per heavy atom. The van der Waals surface area contributed by atoms with Crippen molar-refractivity contribution in [1.82, 2.24) is 0 Å². The lowest BCUT2D eigenvalue weighted by molar-refractivity contribution is -0.699. The third-order valence-electron chi connectivity index (χ3n) is 11.2. The van der Waals surface area contributed by atoms with E-state index < -0.39 is 35.1 Å². The van der Waals surface area contributed by atoms with Crippen molar-refractivity contribution in [3.05, 3.63) is 11.1 Å². The highest BCUT2D eigenvalue weighted by Crippen LogP contribution is 2.62. The number of esters is 1. The molecule has 5 rings (SSSR count). The molecule has 6 N–H and O–H groups in total. The number of hydrogen-bond acceptors (Lipinski definition) is 8. The molecule has 0 aromatic heterocycles. The van der Waals surface area contributed by atoms with Gasteiger partial charge in [0, 0.05) is 24.7 Å². The van der Waals surface area contributed by atoms with Crippen LogP contribution in [-0.4, -0.2) is 71.0 Å². The molecule has 0 spiro atoms. The predicted octanol–water partition coefficient (Wildman–Crippen LogP) is 2.45. The molecule has 7 atom stereocenters. The molecule has 9 heteroatoms. The third-order valence-corrected chi connectivity index (χ3v) is 11.2. The molecule has 4 unspecified atom stereocenters. The molecule has 42 heavy (non-hydrogen) atoms. The van der Waals surface area contributed by atoms with E-state index in [1.54, 1.807) is 0 Å². The number of ether oxygens (including phenoxy) is 2. The zero-order valence-electron chi connectivity index (χ0n) is 25.5. The first kappa shape index (κ1) is 31.8. The molecule has 2 aliphatic heterocycles. The van der Waals surface area contributed by atoms with E-state index in [-0.39, 0.29) is 37.4 Å². The highest BCUT2D eigenvalue weighted by molar-refractivity contribution is 6.23. The Bertz CT molecular complexity index is 1040. The van der Waals surface area contributed by atoms with Gasteiger partial charge in [-0.2, -0.15) is 0 Å². The Hall–Kier alpha value is -1.65. The molecule has 0 bridgehead atoms. The van der Waals surface area contributed by atoms with Gasteiger partial charge in [-0.1, -0.05) is 50.5 Å². The van der Waals surface area contributed by atoms with Crippen LogP contribution < -0.4 is 11.1 Å². The summed E-state index contributed by atoms with van der Waals surface area (Å²) in [7, 11) is 0. The molecular weight excluding hydrogens is 536 g/mol. The highest BCUT2D eigenvalue weighted by atomic mass is 16.7. The Morgan fingerprint density at radius 2 is 1.71 bits per heavy atom. The maximum Gasteiger partial charge on any atom is 0.350 e. The zero-order valence-corrected chi connectivity index (χ0v) is 25.5. The topological polar surface area (TPSA) is 156 Å². The van der Waals surface area contributed by atoms with Gasteiger partial charge in [-0.15, -0.1) is 0 Å². The number of ketones is 2. The van der Waals surface area contributed by atoms with Gasteiger partial charge in [-0.05, 0) is 69.3 Å². The normalized spacial score (nSPS) is 36.5. The number of piperidine rings is 1. The number of nitrogens with two attached hydrogens (primary N) is 2. The van der Waals surface area contributed by atoms with Crippen molar-refractivity contribution >= 4 is 17.5 Å². The fourth-order valence-electron chi connectivity index (χ4n) is 8.49. The molecule has 5 aliphatic rings. The van der Waals surface area contributed by atoms with Gasteiger partial charge in [-0.3, -0.25) is 15.3 Å². The van der Waals surface area contributed by atoms with E-state index in [0.29, 0.717) is 36.7 Å². The van der Waals surface area contributed by atoms with Gasteiger partial charge in [0.2, 0.25) is 0 Å². The van der Waals surface area contributed by atoms with Crippen LogP contribution in [-0.2, 0) is 23.9 Å². The molecule has 5 fully saturated rings. The predicted molar refractivity (Wildman–Crippen MR) is 156 cm³/mol. The lowest BCUT2D eigenvalue weighted by Gasteiger charge is -2.37. The Labute approximate surface area is 250 Å². The number of rotatable bonds is 12. The van der Waals surface area contributed by atoms with Crippen LogP contribution in [0.1, 0.15) is 110 Å². The molecule has 0 amide bonds. The van der Waals surface area contributed by atoms with Crippen molar-refractivity contribution in [2.45, 2.75) is 133 Å². The summed E-state index contributed by atoms with van der Waals surface area (Å²) in [5, 5.41) is 23.2. The second-order valence-electron chi connectivity index (χ2n) is 14.0. The molecule has 236 valence electrons. The quantitative estimate of drug-likeness (QED) is 0.117. The van der Waals surface area contributed by atoms with E-state index >= 15 is 0 Å². The summed E-state index contributed by atoms with van der Waals surface area (Å²) in [4.78, 5) is 41.7. The summed E-state index contributed by atoms with van der Waals surface area (Å²) in [6.45, 7) is 2.48. The minimum atomic E-state index is -1.97. The maximum absolute atomic E-state index is 14.1. The van der Waals surface area contributed by atoms with Gasteiger partial charge in [0.1, 0.15) is 12.8 Å². The molecule has 3 saturated carbocycles. The Balaban J connectivity index is 1.29. The second kappa shape index (κ2) is 13.6. The summed E-state index contributed by atoms with van der Waals surface area (Å²) in [5.74, 6) is -1.30. The van der Waals surface area contributed by atoms with Crippen molar-refractivity contribution in [1.29, 1.82) is 0 Å². The summed E-state index contributed by atoms with van der Waals surface area (Å²) >= 11 is 0. The fourth-order valence-corrected chi connectivity index (χ4v) is 8.49. The van der Waals surface area contributed by atoms with E-state index in [0.717, 1.165) is 57.1 Å². The molecule has 9 nitrogen and oxygen atoms in total. The van der Waals surface area contributed by atoms with E-state index in [4.69, 9.17) is 15.2 Å². The monoisotopic (exact) mass is 589 g/mol. The smallest absolute Gasteiger partial charge is 0.350 e. The van der Waals surface area contributed by atoms with Crippen LogP contribution >= 0.6 is 0 Å². The van der Waals surface area contributed by atoms with E-state index in [1.165, 1.54) is 32.1 Å². The third kappa shape index (κ3) is 6.27. The van der Waals surface area contributed by atoms with Crippen molar-refractivity contribution in [3.8, 4) is 0 Å². The lowest BCUT2D eigenvalue weighted by atomic mass is 9.60. The van der Waals surface area contributed by atoms with Gasteiger partial charge in [-0.25, -0.2) is 4.79 Å². The Kier molecular flexibility index (Phi) is 10.2. The maximum atomic E-state index is 14.1. The average Bonchev–Trinajstić information content (AvgIpc) is 3.71. The number of epoxide rings is 1. The summed E-state index contributed by atoms with van der Waals surface area (Å²) in [5.41, 5.74) is 4.15. The van der Waals surface area contributed by atoms with Crippen LogP contribution in [0.15, 0.2) is 11.1 Å². The van der Waals surface area contributed by atoms with Crippen LogP contribution in [0, 0.1) is 23.7 Å².